The van der Waals surface area contributed by atoms with Crippen LogP contribution in [0.25, 0.3) is 0 Å². The molecule has 0 fully saturated rings. The summed E-state index contributed by atoms with van der Waals surface area (Å²) in [7, 11) is 1.87. The molecule has 1 heterocycles. The fourth-order valence-electron chi connectivity index (χ4n) is 1.06. The quantitative estimate of drug-likeness (QED) is 0.577. The van der Waals surface area contributed by atoms with Gasteiger partial charge in [0, 0.05) is 24.2 Å². The monoisotopic (exact) mass is 195 g/mol. The van der Waals surface area contributed by atoms with Crippen molar-refractivity contribution in [1.82, 2.24) is 10.3 Å². The standard InChI is InChI=1S/C9H13N3O2/c1-7(10-2)5-8-3-4-9(6-11-8)12(13)14/h3-4,6-7,10H,5H2,1-2H3. The lowest BCUT2D eigenvalue weighted by atomic mass is 10.1. The minimum atomic E-state index is -0.446. The van der Waals surface area contributed by atoms with Crippen LogP contribution < -0.4 is 5.32 Å². The highest BCUT2D eigenvalue weighted by Gasteiger charge is 2.06. The summed E-state index contributed by atoms with van der Waals surface area (Å²) in [5.74, 6) is 0. The van der Waals surface area contributed by atoms with Gasteiger partial charge in [0.25, 0.3) is 5.69 Å². The second-order valence-electron chi connectivity index (χ2n) is 3.16. The van der Waals surface area contributed by atoms with Gasteiger partial charge in [-0.3, -0.25) is 15.1 Å². The number of hydrogen-bond acceptors (Lipinski definition) is 4. The van der Waals surface area contributed by atoms with E-state index >= 15 is 0 Å². The van der Waals surface area contributed by atoms with Crippen molar-refractivity contribution in [2.45, 2.75) is 19.4 Å². The number of likely N-dealkylation sites (N-methyl/N-ethyl adjacent to an activating group) is 1. The Morgan fingerprint density at radius 3 is 2.79 bits per heavy atom. The molecule has 0 saturated heterocycles. The van der Waals surface area contributed by atoms with E-state index in [1.54, 1.807) is 6.07 Å². The smallest absolute Gasteiger partial charge is 0.287 e. The van der Waals surface area contributed by atoms with E-state index in [9.17, 15) is 10.1 Å². The van der Waals surface area contributed by atoms with Crippen molar-refractivity contribution in [2.75, 3.05) is 7.05 Å². The third-order valence-corrected chi connectivity index (χ3v) is 2.03. The SMILES string of the molecule is CNC(C)Cc1ccc([N+](=O)[O-])cn1. The fourth-order valence-corrected chi connectivity index (χ4v) is 1.06. The molecular formula is C9H13N3O2. The second kappa shape index (κ2) is 4.66. The Balaban J connectivity index is 2.68. The first-order chi connectivity index (χ1) is 6.63. The number of hydrogen-bond donors (Lipinski definition) is 1. The average Bonchev–Trinajstić information content (AvgIpc) is 2.18. The lowest BCUT2D eigenvalue weighted by molar-refractivity contribution is -0.385. The molecule has 76 valence electrons. The van der Waals surface area contributed by atoms with Gasteiger partial charge in [0.15, 0.2) is 0 Å². The normalized spacial score (nSPS) is 12.4. The van der Waals surface area contributed by atoms with E-state index in [2.05, 4.69) is 10.3 Å². The Kier molecular flexibility index (Phi) is 3.53. The van der Waals surface area contributed by atoms with Crippen molar-refractivity contribution in [3.8, 4) is 0 Å². The number of aromatic nitrogens is 1. The molecule has 0 saturated carbocycles. The summed E-state index contributed by atoms with van der Waals surface area (Å²) in [5, 5.41) is 13.4. The molecular weight excluding hydrogens is 182 g/mol. The molecule has 1 atom stereocenters. The van der Waals surface area contributed by atoms with Gasteiger partial charge in [-0.1, -0.05) is 0 Å². The summed E-state index contributed by atoms with van der Waals surface area (Å²) < 4.78 is 0. The Morgan fingerprint density at radius 1 is 1.64 bits per heavy atom. The highest BCUT2D eigenvalue weighted by Crippen LogP contribution is 2.09. The van der Waals surface area contributed by atoms with Crippen molar-refractivity contribution in [3.63, 3.8) is 0 Å². The van der Waals surface area contributed by atoms with Crippen LogP contribution in [0.3, 0.4) is 0 Å². The molecule has 5 nitrogen and oxygen atoms in total. The van der Waals surface area contributed by atoms with E-state index in [0.29, 0.717) is 6.04 Å². The Hall–Kier alpha value is -1.49. The summed E-state index contributed by atoms with van der Waals surface area (Å²) >= 11 is 0. The zero-order valence-corrected chi connectivity index (χ0v) is 8.23. The molecule has 0 amide bonds. The summed E-state index contributed by atoms with van der Waals surface area (Å²) in [4.78, 5) is 13.9. The molecule has 0 aromatic carbocycles. The highest BCUT2D eigenvalue weighted by molar-refractivity contribution is 5.26. The van der Waals surface area contributed by atoms with Crippen molar-refractivity contribution in [1.29, 1.82) is 0 Å². The van der Waals surface area contributed by atoms with Crippen LogP contribution in [0.5, 0.6) is 0 Å². The van der Waals surface area contributed by atoms with Gasteiger partial charge < -0.3 is 5.32 Å². The topological polar surface area (TPSA) is 68.1 Å². The number of nitrogens with one attached hydrogen (secondary N) is 1. The van der Waals surface area contributed by atoms with E-state index in [4.69, 9.17) is 0 Å². The zero-order chi connectivity index (χ0) is 10.6. The van der Waals surface area contributed by atoms with Crippen LogP contribution in [0.2, 0.25) is 0 Å². The lowest BCUT2D eigenvalue weighted by Gasteiger charge is -2.08. The largest absolute Gasteiger partial charge is 0.317 e. The number of nitrogens with zero attached hydrogens (tertiary/aromatic N) is 2. The van der Waals surface area contributed by atoms with Crippen LogP contribution in [0.4, 0.5) is 5.69 Å². The minimum Gasteiger partial charge on any atom is -0.317 e. The maximum Gasteiger partial charge on any atom is 0.287 e. The molecule has 14 heavy (non-hydrogen) atoms. The molecule has 1 aromatic heterocycles. The van der Waals surface area contributed by atoms with Gasteiger partial charge in [-0.15, -0.1) is 0 Å². The van der Waals surface area contributed by atoms with E-state index in [0.717, 1.165) is 12.1 Å². The first kappa shape index (κ1) is 10.6. The molecule has 1 unspecified atom stereocenters. The van der Waals surface area contributed by atoms with E-state index in [1.165, 1.54) is 12.3 Å². The maximum atomic E-state index is 10.3. The molecule has 0 radical (unpaired) electrons. The maximum absolute atomic E-state index is 10.3. The van der Waals surface area contributed by atoms with E-state index < -0.39 is 4.92 Å². The average molecular weight is 195 g/mol. The Bertz CT molecular complexity index is 310. The number of pyridine rings is 1. The van der Waals surface area contributed by atoms with E-state index in [-0.39, 0.29) is 5.69 Å². The summed E-state index contributed by atoms with van der Waals surface area (Å²) in [6.45, 7) is 2.03. The first-order valence-corrected chi connectivity index (χ1v) is 4.40. The molecule has 1 rings (SSSR count). The molecule has 5 heteroatoms. The third kappa shape index (κ3) is 2.77. The minimum absolute atomic E-state index is 0.0332. The number of nitro groups is 1. The third-order valence-electron chi connectivity index (χ3n) is 2.03. The van der Waals surface area contributed by atoms with Crippen molar-refractivity contribution >= 4 is 5.69 Å². The predicted molar refractivity (Wildman–Crippen MR) is 53.1 cm³/mol. The van der Waals surface area contributed by atoms with Crippen LogP contribution in [-0.2, 0) is 6.42 Å². The highest BCUT2D eigenvalue weighted by atomic mass is 16.6. The second-order valence-corrected chi connectivity index (χ2v) is 3.16. The van der Waals surface area contributed by atoms with Crippen LogP contribution in [-0.4, -0.2) is 23.0 Å². The summed E-state index contributed by atoms with van der Waals surface area (Å²) in [5.41, 5.74) is 0.892. The van der Waals surface area contributed by atoms with Crippen molar-refractivity contribution in [2.24, 2.45) is 0 Å². The van der Waals surface area contributed by atoms with Gasteiger partial charge in [-0.25, -0.2) is 0 Å². The van der Waals surface area contributed by atoms with Crippen LogP contribution in [0.15, 0.2) is 18.3 Å². The van der Waals surface area contributed by atoms with Gasteiger partial charge in [-0.2, -0.15) is 0 Å². The van der Waals surface area contributed by atoms with Crippen molar-refractivity contribution < 1.29 is 4.92 Å². The van der Waals surface area contributed by atoms with Gasteiger partial charge >= 0.3 is 0 Å². The van der Waals surface area contributed by atoms with Gasteiger partial charge in [-0.05, 0) is 20.0 Å². The molecule has 0 bridgehead atoms. The predicted octanol–water partition coefficient (Wildman–Crippen LogP) is 1.14. The molecule has 0 aliphatic rings. The fraction of sp³-hybridized carbons (Fsp3) is 0.444. The van der Waals surface area contributed by atoms with Crippen molar-refractivity contribution in [3.05, 3.63) is 34.1 Å². The van der Waals surface area contributed by atoms with E-state index in [1.807, 2.05) is 14.0 Å². The molecule has 0 spiro atoms. The summed E-state index contributed by atoms with van der Waals surface area (Å²) in [6.07, 6.45) is 2.06. The van der Waals surface area contributed by atoms with Crippen LogP contribution in [0, 0.1) is 10.1 Å². The Morgan fingerprint density at radius 2 is 2.36 bits per heavy atom. The van der Waals surface area contributed by atoms with Crippen LogP contribution >= 0.6 is 0 Å². The molecule has 1 N–H and O–H groups in total. The van der Waals surface area contributed by atoms with Gasteiger partial charge in [0.05, 0.1) is 4.92 Å². The molecule has 0 aliphatic heterocycles. The van der Waals surface area contributed by atoms with Gasteiger partial charge in [0.2, 0.25) is 0 Å². The first-order valence-electron chi connectivity index (χ1n) is 4.40. The molecule has 0 aliphatic carbocycles. The Labute approximate surface area is 82.3 Å². The van der Waals surface area contributed by atoms with Gasteiger partial charge in [0.1, 0.15) is 6.20 Å². The van der Waals surface area contributed by atoms with Crippen LogP contribution in [0.1, 0.15) is 12.6 Å². The summed E-state index contributed by atoms with van der Waals surface area (Å²) in [6, 6.07) is 3.49. The number of rotatable bonds is 4. The molecule has 1 aromatic rings. The zero-order valence-electron chi connectivity index (χ0n) is 8.23. The lowest BCUT2D eigenvalue weighted by Crippen LogP contribution is -2.23.